The molecule has 0 spiro atoms. The molecule has 0 heterocycles. The van der Waals surface area contributed by atoms with E-state index in [9.17, 15) is 9.90 Å². The summed E-state index contributed by atoms with van der Waals surface area (Å²) in [6.45, 7) is 4.48. The van der Waals surface area contributed by atoms with Crippen LogP contribution >= 0.6 is 0 Å². The van der Waals surface area contributed by atoms with Gasteiger partial charge in [-0.25, -0.2) is 0 Å². The van der Waals surface area contributed by atoms with E-state index >= 15 is 0 Å². The topological polar surface area (TPSA) is 58.6 Å². The van der Waals surface area contributed by atoms with Gasteiger partial charge in [0.05, 0.1) is 12.7 Å². The number of carbonyl (C=O) groups excluding carboxylic acids is 1. The molecule has 1 unspecified atom stereocenters. The largest absolute Gasteiger partial charge is 0.493 e. The first-order valence-corrected chi connectivity index (χ1v) is 7.79. The first-order chi connectivity index (χ1) is 11.0. The number of hydrogen-bond donors (Lipinski definition) is 2. The molecule has 0 aliphatic rings. The van der Waals surface area contributed by atoms with E-state index in [2.05, 4.69) is 36.5 Å². The second-order valence-corrected chi connectivity index (χ2v) is 5.67. The molecule has 4 heteroatoms. The van der Waals surface area contributed by atoms with Crippen molar-refractivity contribution in [2.45, 2.75) is 26.4 Å². The smallest absolute Gasteiger partial charge is 0.251 e. The molecule has 0 radical (unpaired) electrons. The van der Waals surface area contributed by atoms with Crippen LogP contribution in [0.15, 0.2) is 48.5 Å². The molecule has 23 heavy (non-hydrogen) atoms. The van der Waals surface area contributed by atoms with Crippen LogP contribution in [0.2, 0.25) is 0 Å². The van der Waals surface area contributed by atoms with Crippen LogP contribution in [-0.4, -0.2) is 30.3 Å². The predicted octanol–water partition coefficient (Wildman–Crippen LogP) is 2.73. The minimum absolute atomic E-state index is 0.213. The van der Waals surface area contributed by atoms with Crippen molar-refractivity contribution >= 4 is 5.91 Å². The van der Waals surface area contributed by atoms with Gasteiger partial charge in [0.2, 0.25) is 0 Å². The van der Waals surface area contributed by atoms with E-state index in [1.807, 2.05) is 6.07 Å². The number of carbonyl (C=O) groups is 1. The highest BCUT2D eigenvalue weighted by atomic mass is 16.5. The van der Waals surface area contributed by atoms with Crippen LogP contribution in [0.4, 0.5) is 0 Å². The Morgan fingerprint density at radius 2 is 1.96 bits per heavy atom. The molecule has 2 rings (SSSR count). The molecule has 0 aromatic heterocycles. The number of aliphatic hydroxyl groups excluding tert-OH is 1. The van der Waals surface area contributed by atoms with Crippen LogP contribution in [0, 0.1) is 6.92 Å². The highest BCUT2D eigenvalue weighted by molar-refractivity contribution is 5.94. The van der Waals surface area contributed by atoms with Gasteiger partial charge in [-0.05, 0) is 37.6 Å². The van der Waals surface area contributed by atoms with Crippen LogP contribution < -0.4 is 10.1 Å². The lowest BCUT2D eigenvalue weighted by Crippen LogP contribution is -2.30. The number of rotatable bonds is 7. The molecule has 1 amide bonds. The Morgan fingerprint density at radius 1 is 1.22 bits per heavy atom. The molecule has 1 atom stereocenters. The van der Waals surface area contributed by atoms with Crippen molar-refractivity contribution in [1.29, 1.82) is 0 Å². The monoisotopic (exact) mass is 313 g/mol. The van der Waals surface area contributed by atoms with Crippen LogP contribution in [0.5, 0.6) is 5.75 Å². The standard InChI is InChI=1S/C19H23NO3/c1-14-6-8-16(9-7-14)10-11-23-18-5-3-4-17(12-18)19(22)20-13-15(2)21/h3-9,12,15,21H,10-11,13H2,1-2H3,(H,20,22). The molecule has 0 aliphatic carbocycles. The fraction of sp³-hybridized carbons (Fsp3) is 0.316. The highest BCUT2D eigenvalue weighted by Gasteiger charge is 2.07. The zero-order chi connectivity index (χ0) is 16.7. The molecular weight excluding hydrogens is 290 g/mol. The minimum atomic E-state index is -0.562. The number of amides is 1. The average molecular weight is 313 g/mol. The summed E-state index contributed by atoms with van der Waals surface area (Å²) in [4.78, 5) is 12.0. The average Bonchev–Trinajstić information content (AvgIpc) is 2.55. The van der Waals surface area contributed by atoms with Gasteiger partial charge in [-0.1, -0.05) is 35.9 Å². The third-order valence-corrected chi connectivity index (χ3v) is 3.43. The van der Waals surface area contributed by atoms with Gasteiger partial charge in [-0.15, -0.1) is 0 Å². The number of hydrogen-bond acceptors (Lipinski definition) is 3. The molecule has 0 saturated heterocycles. The fourth-order valence-corrected chi connectivity index (χ4v) is 2.11. The lowest BCUT2D eigenvalue weighted by molar-refractivity contribution is 0.0923. The van der Waals surface area contributed by atoms with E-state index in [1.165, 1.54) is 11.1 Å². The van der Waals surface area contributed by atoms with E-state index in [1.54, 1.807) is 25.1 Å². The molecule has 0 aliphatic heterocycles. The van der Waals surface area contributed by atoms with Crippen molar-refractivity contribution in [3.05, 3.63) is 65.2 Å². The van der Waals surface area contributed by atoms with Crippen LogP contribution in [-0.2, 0) is 6.42 Å². The van der Waals surface area contributed by atoms with Crippen molar-refractivity contribution in [2.24, 2.45) is 0 Å². The summed E-state index contributed by atoms with van der Waals surface area (Å²) in [6.07, 6.45) is 0.256. The molecule has 0 bridgehead atoms. The van der Waals surface area contributed by atoms with E-state index in [0.717, 1.165) is 6.42 Å². The molecule has 2 N–H and O–H groups in total. The Morgan fingerprint density at radius 3 is 2.65 bits per heavy atom. The highest BCUT2D eigenvalue weighted by Crippen LogP contribution is 2.14. The van der Waals surface area contributed by atoms with E-state index in [4.69, 9.17) is 4.74 Å². The number of ether oxygens (including phenoxy) is 1. The maximum atomic E-state index is 12.0. The quantitative estimate of drug-likeness (QED) is 0.826. The van der Waals surface area contributed by atoms with Crippen molar-refractivity contribution in [2.75, 3.05) is 13.2 Å². The molecule has 0 fully saturated rings. The molecule has 2 aromatic carbocycles. The summed E-state index contributed by atoms with van der Waals surface area (Å²) in [6, 6.07) is 15.4. The Balaban J connectivity index is 1.87. The maximum absolute atomic E-state index is 12.0. The van der Waals surface area contributed by atoms with Crippen molar-refractivity contribution in [3.8, 4) is 5.75 Å². The Labute approximate surface area is 137 Å². The van der Waals surface area contributed by atoms with Crippen molar-refractivity contribution < 1.29 is 14.6 Å². The summed E-state index contributed by atoms with van der Waals surface area (Å²) < 4.78 is 5.73. The minimum Gasteiger partial charge on any atom is -0.493 e. The molecular formula is C19H23NO3. The van der Waals surface area contributed by atoms with Crippen LogP contribution in [0.1, 0.15) is 28.4 Å². The van der Waals surface area contributed by atoms with Crippen molar-refractivity contribution in [3.63, 3.8) is 0 Å². The second-order valence-electron chi connectivity index (χ2n) is 5.67. The van der Waals surface area contributed by atoms with Gasteiger partial charge in [0.25, 0.3) is 5.91 Å². The number of benzene rings is 2. The van der Waals surface area contributed by atoms with Crippen LogP contribution in [0.3, 0.4) is 0 Å². The van der Waals surface area contributed by atoms with Gasteiger partial charge < -0.3 is 15.2 Å². The Hall–Kier alpha value is -2.33. The molecule has 122 valence electrons. The summed E-state index contributed by atoms with van der Waals surface area (Å²) >= 11 is 0. The third kappa shape index (κ3) is 5.75. The molecule has 2 aromatic rings. The summed E-state index contributed by atoms with van der Waals surface area (Å²) in [5.74, 6) is 0.455. The second kappa shape index (κ2) is 8.34. The number of nitrogens with one attached hydrogen (secondary N) is 1. The van der Waals surface area contributed by atoms with Crippen molar-refractivity contribution in [1.82, 2.24) is 5.32 Å². The lowest BCUT2D eigenvalue weighted by atomic mass is 10.1. The van der Waals surface area contributed by atoms with Gasteiger partial charge in [0.15, 0.2) is 0 Å². The van der Waals surface area contributed by atoms with E-state index in [-0.39, 0.29) is 12.5 Å². The van der Waals surface area contributed by atoms with E-state index < -0.39 is 6.10 Å². The summed E-state index contributed by atoms with van der Waals surface area (Å²) in [7, 11) is 0. The first-order valence-electron chi connectivity index (χ1n) is 7.79. The lowest BCUT2D eigenvalue weighted by Gasteiger charge is -2.10. The summed E-state index contributed by atoms with van der Waals surface area (Å²) in [5.41, 5.74) is 2.99. The Bertz CT molecular complexity index is 635. The zero-order valence-electron chi connectivity index (χ0n) is 13.6. The predicted molar refractivity (Wildman–Crippen MR) is 90.8 cm³/mol. The SMILES string of the molecule is Cc1ccc(CCOc2cccc(C(=O)NCC(C)O)c2)cc1. The molecule has 0 saturated carbocycles. The van der Waals surface area contributed by atoms with Crippen LogP contribution in [0.25, 0.3) is 0 Å². The maximum Gasteiger partial charge on any atom is 0.251 e. The summed E-state index contributed by atoms with van der Waals surface area (Å²) in [5, 5.41) is 11.9. The normalized spacial score (nSPS) is 11.8. The molecule has 4 nitrogen and oxygen atoms in total. The fourth-order valence-electron chi connectivity index (χ4n) is 2.11. The Kier molecular flexibility index (Phi) is 6.18. The van der Waals surface area contributed by atoms with Gasteiger partial charge >= 0.3 is 0 Å². The first kappa shape index (κ1) is 17.0. The van der Waals surface area contributed by atoms with Gasteiger partial charge in [-0.3, -0.25) is 4.79 Å². The third-order valence-electron chi connectivity index (χ3n) is 3.43. The van der Waals surface area contributed by atoms with Gasteiger partial charge in [0, 0.05) is 18.5 Å². The zero-order valence-corrected chi connectivity index (χ0v) is 13.6. The van der Waals surface area contributed by atoms with Gasteiger partial charge in [0.1, 0.15) is 5.75 Å². The number of aliphatic hydroxyl groups is 1. The van der Waals surface area contributed by atoms with Gasteiger partial charge in [-0.2, -0.15) is 0 Å². The van der Waals surface area contributed by atoms with E-state index in [0.29, 0.717) is 17.9 Å². The number of aryl methyl sites for hydroxylation is 1.